The molecule has 1 aliphatic rings. The van der Waals surface area contributed by atoms with Gasteiger partial charge in [0.1, 0.15) is 0 Å². The number of aromatic nitrogens is 2. The van der Waals surface area contributed by atoms with Crippen LogP contribution in [-0.2, 0) is 4.79 Å². The first-order chi connectivity index (χ1) is 11.1. The van der Waals surface area contributed by atoms with Crippen molar-refractivity contribution in [1.29, 1.82) is 0 Å². The van der Waals surface area contributed by atoms with Gasteiger partial charge in [-0.15, -0.1) is 5.10 Å². The van der Waals surface area contributed by atoms with Gasteiger partial charge in [0.05, 0.1) is 0 Å². The van der Waals surface area contributed by atoms with Crippen LogP contribution < -0.4 is 15.5 Å². The molecule has 8 nitrogen and oxygen atoms in total. The van der Waals surface area contributed by atoms with Crippen LogP contribution in [-0.4, -0.2) is 66.8 Å². The largest absolute Gasteiger partial charge is 0.351 e. The fourth-order valence-corrected chi connectivity index (χ4v) is 2.77. The Morgan fingerprint density at radius 3 is 3.00 bits per heavy atom. The first kappa shape index (κ1) is 17.1. The molecule has 1 aromatic heterocycles. The Labute approximate surface area is 136 Å². The quantitative estimate of drug-likeness (QED) is 0.779. The number of nitrogens with zero attached hydrogens (tertiary/aromatic N) is 4. The molecule has 2 heterocycles. The highest BCUT2D eigenvalue weighted by Gasteiger charge is 2.26. The van der Waals surface area contributed by atoms with Gasteiger partial charge in [-0.2, -0.15) is 5.10 Å². The first-order valence-corrected chi connectivity index (χ1v) is 7.84. The van der Waals surface area contributed by atoms with Crippen molar-refractivity contribution < 1.29 is 9.59 Å². The molecule has 0 aliphatic carbocycles. The molecule has 0 saturated carbocycles. The molecule has 0 aromatic carbocycles. The first-order valence-electron chi connectivity index (χ1n) is 7.84. The van der Waals surface area contributed by atoms with Crippen LogP contribution in [0.2, 0.25) is 0 Å². The average Bonchev–Trinajstić information content (AvgIpc) is 3.01. The number of imide groups is 1. The van der Waals surface area contributed by atoms with Gasteiger partial charge >= 0.3 is 6.03 Å². The fraction of sp³-hybridized carbons (Fsp3) is 0.600. The minimum Gasteiger partial charge on any atom is -0.351 e. The van der Waals surface area contributed by atoms with Gasteiger partial charge in [-0.3, -0.25) is 10.1 Å². The lowest BCUT2D eigenvalue weighted by Gasteiger charge is -2.29. The van der Waals surface area contributed by atoms with Crippen LogP contribution in [0, 0.1) is 0 Å². The third kappa shape index (κ3) is 5.17. The van der Waals surface area contributed by atoms with E-state index in [9.17, 15) is 9.59 Å². The van der Waals surface area contributed by atoms with Gasteiger partial charge in [0, 0.05) is 45.3 Å². The summed E-state index contributed by atoms with van der Waals surface area (Å²) >= 11 is 0. The van der Waals surface area contributed by atoms with Crippen molar-refractivity contribution >= 4 is 17.8 Å². The average molecular weight is 320 g/mol. The zero-order valence-electron chi connectivity index (χ0n) is 13.7. The van der Waals surface area contributed by atoms with Crippen molar-refractivity contribution in [2.45, 2.75) is 25.3 Å². The van der Waals surface area contributed by atoms with Crippen LogP contribution in [0.15, 0.2) is 18.3 Å². The number of amides is 3. The Hall–Kier alpha value is -2.22. The van der Waals surface area contributed by atoms with E-state index in [1.54, 1.807) is 6.20 Å². The minimum atomic E-state index is -0.470. The molecule has 1 saturated heterocycles. The van der Waals surface area contributed by atoms with Gasteiger partial charge in [-0.1, -0.05) is 0 Å². The van der Waals surface area contributed by atoms with Gasteiger partial charge in [-0.25, -0.2) is 4.79 Å². The Kier molecular flexibility index (Phi) is 6.28. The summed E-state index contributed by atoms with van der Waals surface area (Å²) in [6.45, 7) is 2.44. The van der Waals surface area contributed by atoms with Gasteiger partial charge in [-0.05, 0) is 32.0 Å². The zero-order valence-corrected chi connectivity index (χ0v) is 13.7. The second kappa shape index (κ2) is 8.42. The predicted octanol–water partition coefficient (Wildman–Crippen LogP) is 0.223. The zero-order chi connectivity index (χ0) is 16.7. The highest BCUT2D eigenvalue weighted by Crippen LogP contribution is 2.23. The number of carbonyl (C=O) groups excluding carboxylic acids is 2. The van der Waals surface area contributed by atoms with Crippen LogP contribution in [0.25, 0.3) is 0 Å². The van der Waals surface area contributed by atoms with Crippen molar-refractivity contribution in [2.24, 2.45) is 0 Å². The molecule has 1 unspecified atom stereocenters. The summed E-state index contributed by atoms with van der Waals surface area (Å²) in [6, 6.07) is 3.77. The number of hydrogen-bond donors (Lipinski definition) is 2. The lowest BCUT2D eigenvalue weighted by Crippen LogP contribution is -2.42. The van der Waals surface area contributed by atoms with E-state index >= 15 is 0 Å². The molecule has 1 aliphatic heterocycles. The second-order valence-corrected chi connectivity index (χ2v) is 5.71. The Bertz CT molecular complexity index is 524. The van der Waals surface area contributed by atoms with Gasteiger partial charge in [0.2, 0.25) is 5.91 Å². The summed E-state index contributed by atoms with van der Waals surface area (Å²) in [6.07, 6.45) is 4.20. The molecule has 0 radical (unpaired) electrons. The number of likely N-dealkylation sites (N-methyl/N-ethyl adjacent to an activating group) is 1. The van der Waals surface area contributed by atoms with Crippen molar-refractivity contribution in [2.75, 3.05) is 38.6 Å². The van der Waals surface area contributed by atoms with Crippen LogP contribution in [0.1, 0.15) is 19.3 Å². The molecular weight excluding hydrogens is 296 g/mol. The molecular formula is C15H24N6O2. The summed E-state index contributed by atoms with van der Waals surface area (Å²) < 4.78 is 0. The second-order valence-electron chi connectivity index (χ2n) is 5.71. The Balaban J connectivity index is 1.79. The maximum absolute atomic E-state index is 11.6. The summed E-state index contributed by atoms with van der Waals surface area (Å²) in [5, 5.41) is 12.8. The van der Waals surface area contributed by atoms with Gasteiger partial charge < -0.3 is 15.1 Å². The van der Waals surface area contributed by atoms with Crippen molar-refractivity contribution in [3.8, 4) is 0 Å². The topological polar surface area (TPSA) is 90.5 Å². The summed E-state index contributed by atoms with van der Waals surface area (Å²) in [7, 11) is 3.47. The predicted molar refractivity (Wildman–Crippen MR) is 87.1 cm³/mol. The van der Waals surface area contributed by atoms with Crippen LogP contribution in [0.4, 0.5) is 10.6 Å². The molecule has 0 spiro atoms. The molecule has 2 rings (SSSR count). The lowest BCUT2D eigenvalue weighted by atomic mass is 10.2. The SMILES string of the molecule is CNC(=O)NC(=O)CCN(C)CC1CCCN1c1cccnn1. The van der Waals surface area contributed by atoms with E-state index in [4.69, 9.17) is 0 Å². The standard InChI is InChI=1S/C15H24N6O2/c1-16-15(23)18-14(22)7-10-20(2)11-12-5-4-9-21(12)13-6-3-8-17-19-13/h3,6,8,12H,4-5,7,9-11H2,1-2H3,(H2,16,18,22,23). The van der Waals surface area contributed by atoms with E-state index in [2.05, 4.69) is 30.6 Å². The number of nitrogens with one attached hydrogen (secondary N) is 2. The number of hydrogen-bond acceptors (Lipinski definition) is 6. The van der Waals surface area contributed by atoms with Crippen LogP contribution >= 0.6 is 0 Å². The van der Waals surface area contributed by atoms with Gasteiger partial charge in [0.15, 0.2) is 5.82 Å². The number of anilines is 1. The fourth-order valence-electron chi connectivity index (χ4n) is 2.77. The number of rotatable bonds is 6. The van der Waals surface area contributed by atoms with E-state index in [1.165, 1.54) is 7.05 Å². The molecule has 1 aromatic rings. The Morgan fingerprint density at radius 1 is 1.48 bits per heavy atom. The number of urea groups is 1. The summed E-state index contributed by atoms with van der Waals surface area (Å²) in [5.74, 6) is 0.633. The van der Waals surface area contributed by atoms with Crippen LogP contribution in [0.3, 0.4) is 0 Å². The molecule has 1 atom stereocenters. The van der Waals surface area contributed by atoms with Gasteiger partial charge in [0.25, 0.3) is 0 Å². The van der Waals surface area contributed by atoms with E-state index in [-0.39, 0.29) is 5.91 Å². The molecule has 3 amide bonds. The molecule has 126 valence electrons. The van der Waals surface area contributed by atoms with Crippen LogP contribution in [0.5, 0.6) is 0 Å². The summed E-state index contributed by atoms with van der Waals surface area (Å²) in [5.41, 5.74) is 0. The van der Waals surface area contributed by atoms with Crippen molar-refractivity contribution in [1.82, 2.24) is 25.7 Å². The summed E-state index contributed by atoms with van der Waals surface area (Å²) in [4.78, 5) is 27.1. The van der Waals surface area contributed by atoms with E-state index < -0.39 is 6.03 Å². The third-order valence-electron chi connectivity index (χ3n) is 3.95. The Morgan fingerprint density at radius 2 is 2.30 bits per heavy atom. The van der Waals surface area contributed by atoms with E-state index in [0.717, 1.165) is 31.7 Å². The minimum absolute atomic E-state index is 0.270. The molecule has 8 heteroatoms. The highest BCUT2D eigenvalue weighted by molar-refractivity contribution is 5.94. The third-order valence-corrected chi connectivity index (χ3v) is 3.95. The van der Waals surface area contributed by atoms with Crippen molar-refractivity contribution in [3.05, 3.63) is 18.3 Å². The van der Waals surface area contributed by atoms with E-state index in [0.29, 0.717) is 19.0 Å². The monoisotopic (exact) mass is 320 g/mol. The molecule has 1 fully saturated rings. The maximum Gasteiger partial charge on any atom is 0.321 e. The number of carbonyl (C=O) groups is 2. The maximum atomic E-state index is 11.6. The smallest absolute Gasteiger partial charge is 0.321 e. The normalized spacial score (nSPS) is 17.3. The molecule has 0 bridgehead atoms. The van der Waals surface area contributed by atoms with Crippen molar-refractivity contribution in [3.63, 3.8) is 0 Å². The molecule has 2 N–H and O–H groups in total. The van der Waals surface area contributed by atoms with E-state index in [1.807, 2.05) is 19.2 Å². The molecule has 23 heavy (non-hydrogen) atoms. The highest BCUT2D eigenvalue weighted by atomic mass is 16.2. The lowest BCUT2D eigenvalue weighted by molar-refractivity contribution is -0.120.